The Balaban J connectivity index is 5.22. The minimum absolute atomic E-state index is 0.107. The van der Waals surface area contributed by atoms with Gasteiger partial charge in [0.1, 0.15) is 19.3 Å². The fraction of sp³-hybridized carbons (Fsp3) is 0.956. The van der Waals surface area contributed by atoms with E-state index >= 15 is 0 Å². The normalized spacial score (nSPS) is 14.3. The van der Waals surface area contributed by atoms with E-state index < -0.39 is 97.5 Å². The lowest BCUT2D eigenvalue weighted by atomic mass is 9.99. The molecule has 4 unspecified atom stereocenters. The average Bonchev–Trinajstić information content (AvgIpc) is 0.900. The summed E-state index contributed by atoms with van der Waals surface area (Å²) in [5, 5.41) is 10.7. The van der Waals surface area contributed by atoms with Crippen LogP contribution in [0.15, 0.2) is 0 Å². The molecule has 0 aromatic carbocycles. The minimum Gasteiger partial charge on any atom is -0.462 e. The molecule has 654 valence electrons. The van der Waals surface area contributed by atoms with E-state index in [0.717, 1.165) is 120 Å². The Morgan fingerprint density at radius 2 is 0.436 bits per heavy atom. The maximum absolute atomic E-state index is 13.2. The number of esters is 4. The third-order valence-corrected chi connectivity index (χ3v) is 23.9. The Morgan fingerprint density at radius 1 is 0.255 bits per heavy atom. The molecule has 0 heterocycles. The standard InChI is InChI=1S/C91H178O17P2/c1-9-83(7)69-61-53-45-39-33-27-20-16-12-14-17-21-28-34-40-46-55-63-71-88(93)101-77-86(107-90(95)73-65-57-47-41-35-29-22-18-13-11-15-19-25-31-37-43-51-59-67-81(3)4)79-105-109(97,98)103-75-85(92)76-104-110(99,100)106-80-87(78-102-89(94)72-64-56-50-49-54-62-70-84(8)10-2)108-91(96)74-66-58-48-42-36-30-24-23-26-32-38-44-52-60-68-82(5)6/h81-87,92H,9-80H2,1-8H3,(H,97,98)(H,99,100)/t83?,84?,85-,86-,87-/m1/s1. The van der Waals surface area contributed by atoms with Crippen molar-refractivity contribution in [1.29, 1.82) is 0 Å². The van der Waals surface area contributed by atoms with Crippen LogP contribution in [0.5, 0.6) is 0 Å². The summed E-state index contributed by atoms with van der Waals surface area (Å²) in [5.74, 6) is 1.12. The Labute approximate surface area is 677 Å². The number of aliphatic hydroxyl groups is 1. The summed E-state index contributed by atoms with van der Waals surface area (Å²) in [6.45, 7) is 14.4. The molecule has 7 atom stereocenters. The second-order valence-electron chi connectivity index (χ2n) is 34.1. The summed E-state index contributed by atoms with van der Waals surface area (Å²) in [6.07, 6.45) is 70.9. The van der Waals surface area contributed by atoms with Gasteiger partial charge in [0.2, 0.25) is 0 Å². The topological polar surface area (TPSA) is 237 Å². The minimum atomic E-state index is -4.97. The van der Waals surface area contributed by atoms with Gasteiger partial charge in [-0.05, 0) is 49.4 Å². The molecular formula is C91H178O17P2. The predicted molar refractivity (Wildman–Crippen MR) is 455 cm³/mol. The van der Waals surface area contributed by atoms with Gasteiger partial charge in [-0.3, -0.25) is 37.3 Å². The number of phosphoric acid groups is 2. The number of aliphatic hydroxyl groups excluding tert-OH is 1. The van der Waals surface area contributed by atoms with Crippen LogP contribution in [0.25, 0.3) is 0 Å². The van der Waals surface area contributed by atoms with Crippen molar-refractivity contribution < 1.29 is 80.2 Å². The second kappa shape index (κ2) is 79.5. The Bertz CT molecular complexity index is 2130. The monoisotopic (exact) mass is 1610 g/mol. The first-order valence-corrected chi connectivity index (χ1v) is 49.8. The fourth-order valence-electron chi connectivity index (χ4n) is 14.1. The van der Waals surface area contributed by atoms with E-state index in [0.29, 0.717) is 25.7 Å². The summed E-state index contributed by atoms with van der Waals surface area (Å²) < 4.78 is 69.0. The maximum Gasteiger partial charge on any atom is 0.472 e. The van der Waals surface area contributed by atoms with Crippen LogP contribution in [0.3, 0.4) is 0 Å². The molecule has 0 saturated heterocycles. The first-order valence-electron chi connectivity index (χ1n) is 46.8. The number of rotatable bonds is 88. The molecular weight excluding hydrogens is 1430 g/mol. The summed E-state index contributed by atoms with van der Waals surface area (Å²) in [4.78, 5) is 73.4. The summed E-state index contributed by atoms with van der Waals surface area (Å²) in [5.41, 5.74) is 0. The van der Waals surface area contributed by atoms with Crippen molar-refractivity contribution in [3.05, 3.63) is 0 Å². The van der Waals surface area contributed by atoms with Crippen molar-refractivity contribution in [2.75, 3.05) is 39.6 Å². The van der Waals surface area contributed by atoms with Crippen LogP contribution in [0.1, 0.15) is 479 Å². The third kappa shape index (κ3) is 81.2. The molecule has 0 saturated carbocycles. The van der Waals surface area contributed by atoms with E-state index in [-0.39, 0.29) is 25.7 Å². The van der Waals surface area contributed by atoms with E-state index in [4.69, 9.17) is 37.0 Å². The number of carbonyl (C=O) groups is 4. The highest BCUT2D eigenvalue weighted by molar-refractivity contribution is 7.47. The molecule has 0 aliphatic carbocycles. The van der Waals surface area contributed by atoms with Gasteiger partial charge in [-0.25, -0.2) is 9.13 Å². The first-order chi connectivity index (χ1) is 53.2. The van der Waals surface area contributed by atoms with Gasteiger partial charge < -0.3 is 33.8 Å². The van der Waals surface area contributed by atoms with Crippen LogP contribution in [-0.4, -0.2) is 96.7 Å². The maximum atomic E-state index is 13.2. The predicted octanol–water partition coefficient (Wildman–Crippen LogP) is 27.9. The molecule has 0 fully saturated rings. The second-order valence-corrected chi connectivity index (χ2v) is 37.0. The Morgan fingerprint density at radius 3 is 0.645 bits per heavy atom. The molecule has 110 heavy (non-hydrogen) atoms. The van der Waals surface area contributed by atoms with E-state index in [1.807, 2.05) is 0 Å². The number of ether oxygens (including phenoxy) is 4. The highest BCUT2D eigenvalue weighted by Gasteiger charge is 2.31. The van der Waals surface area contributed by atoms with Crippen LogP contribution in [0.4, 0.5) is 0 Å². The van der Waals surface area contributed by atoms with Gasteiger partial charge in [-0.2, -0.15) is 0 Å². The molecule has 0 aliphatic heterocycles. The van der Waals surface area contributed by atoms with Gasteiger partial charge in [-0.15, -0.1) is 0 Å². The number of hydrogen-bond donors (Lipinski definition) is 3. The van der Waals surface area contributed by atoms with Crippen LogP contribution >= 0.6 is 15.6 Å². The summed E-state index contributed by atoms with van der Waals surface area (Å²) in [7, 11) is -9.94. The first kappa shape index (κ1) is 108. The van der Waals surface area contributed by atoms with Crippen LogP contribution in [0, 0.1) is 23.7 Å². The van der Waals surface area contributed by atoms with Gasteiger partial charge in [0.25, 0.3) is 0 Å². The van der Waals surface area contributed by atoms with Crippen molar-refractivity contribution >= 4 is 39.5 Å². The molecule has 0 aromatic heterocycles. The smallest absolute Gasteiger partial charge is 0.462 e. The highest BCUT2D eigenvalue weighted by atomic mass is 31.2. The molecule has 0 radical (unpaired) electrons. The number of phosphoric ester groups is 2. The number of unbranched alkanes of at least 4 members (excludes halogenated alkanes) is 52. The fourth-order valence-corrected chi connectivity index (χ4v) is 15.7. The molecule has 19 heteroatoms. The van der Waals surface area contributed by atoms with Gasteiger partial charge in [0, 0.05) is 25.7 Å². The molecule has 0 amide bonds. The van der Waals surface area contributed by atoms with Crippen LogP contribution in [-0.2, 0) is 65.4 Å². The van der Waals surface area contributed by atoms with Gasteiger partial charge >= 0.3 is 39.5 Å². The van der Waals surface area contributed by atoms with E-state index in [1.54, 1.807) is 0 Å². The molecule has 3 N–H and O–H groups in total. The number of hydrogen-bond acceptors (Lipinski definition) is 15. The molecule has 0 aromatic rings. The molecule has 0 spiro atoms. The van der Waals surface area contributed by atoms with E-state index in [2.05, 4.69) is 55.4 Å². The van der Waals surface area contributed by atoms with Crippen molar-refractivity contribution in [1.82, 2.24) is 0 Å². The van der Waals surface area contributed by atoms with Crippen molar-refractivity contribution in [3.8, 4) is 0 Å². The van der Waals surface area contributed by atoms with Gasteiger partial charge in [0.05, 0.1) is 26.4 Å². The van der Waals surface area contributed by atoms with Crippen molar-refractivity contribution in [3.63, 3.8) is 0 Å². The Kier molecular flexibility index (Phi) is 78.1. The quantitative estimate of drug-likeness (QED) is 0.0222. The lowest BCUT2D eigenvalue weighted by Crippen LogP contribution is -2.30. The lowest BCUT2D eigenvalue weighted by molar-refractivity contribution is -0.161. The van der Waals surface area contributed by atoms with Crippen molar-refractivity contribution in [2.24, 2.45) is 23.7 Å². The lowest BCUT2D eigenvalue weighted by Gasteiger charge is -2.21. The zero-order valence-corrected chi connectivity index (χ0v) is 74.7. The molecule has 17 nitrogen and oxygen atoms in total. The van der Waals surface area contributed by atoms with E-state index in [1.165, 1.54) is 276 Å². The molecule has 0 bridgehead atoms. The van der Waals surface area contributed by atoms with Crippen LogP contribution < -0.4 is 0 Å². The highest BCUT2D eigenvalue weighted by Crippen LogP contribution is 2.45. The number of carbonyl (C=O) groups excluding carboxylic acids is 4. The van der Waals surface area contributed by atoms with Crippen molar-refractivity contribution in [2.45, 2.75) is 497 Å². The summed E-state index contributed by atoms with van der Waals surface area (Å²) >= 11 is 0. The van der Waals surface area contributed by atoms with Gasteiger partial charge in [0.15, 0.2) is 12.2 Å². The average molecular weight is 1610 g/mol. The van der Waals surface area contributed by atoms with E-state index in [9.17, 15) is 43.2 Å². The SMILES string of the molecule is CCC(C)CCCCCCCCCCCCCCCCCCCCC(=O)OC[C@H](COP(=O)(O)OC[C@@H](O)COP(=O)(O)OC[C@@H](COC(=O)CCCCCCCCC(C)CC)OC(=O)CCCCCCCCCCCCCCCCC(C)C)OC(=O)CCCCCCCCCCCCCCCCCCCCC(C)C. The zero-order valence-electron chi connectivity index (χ0n) is 72.9. The zero-order chi connectivity index (χ0) is 80.9. The van der Waals surface area contributed by atoms with Gasteiger partial charge in [-0.1, -0.05) is 428 Å². The summed E-state index contributed by atoms with van der Waals surface area (Å²) in [6, 6.07) is 0. The molecule has 0 rings (SSSR count). The molecule has 0 aliphatic rings. The van der Waals surface area contributed by atoms with Crippen LogP contribution in [0.2, 0.25) is 0 Å². The largest absolute Gasteiger partial charge is 0.472 e. The Hall–Kier alpha value is -1.94. The third-order valence-electron chi connectivity index (χ3n) is 22.0.